The summed E-state index contributed by atoms with van der Waals surface area (Å²) >= 11 is 0. The monoisotopic (exact) mass is 236 g/mol. The molecule has 0 saturated heterocycles. The zero-order valence-corrected chi connectivity index (χ0v) is 10.5. The van der Waals surface area contributed by atoms with Crippen molar-refractivity contribution in [1.82, 2.24) is 0 Å². The normalized spacial score (nSPS) is 9.61. The summed E-state index contributed by atoms with van der Waals surface area (Å²) in [5, 5.41) is 9.38. The van der Waals surface area contributed by atoms with E-state index < -0.39 is 0 Å². The lowest BCUT2D eigenvalue weighted by Crippen LogP contribution is -1.88. The highest BCUT2D eigenvalue weighted by atomic mass is 16.3. The molecule has 0 aliphatic carbocycles. The van der Waals surface area contributed by atoms with Gasteiger partial charge in [0.25, 0.3) is 0 Å². The number of hydrogen-bond acceptors (Lipinski definition) is 1. The maximum absolute atomic E-state index is 9.38. The van der Waals surface area contributed by atoms with Gasteiger partial charge in [-0.25, -0.2) is 0 Å². The van der Waals surface area contributed by atoms with Crippen LogP contribution in [0.4, 0.5) is 0 Å². The first-order valence-corrected chi connectivity index (χ1v) is 6.18. The molecule has 0 aliphatic rings. The molecule has 0 aliphatic heterocycles. The molecule has 0 heterocycles. The Labute approximate surface area is 108 Å². The summed E-state index contributed by atoms with van der Waals surface area (Å²) in [6, 6.07) is 15.2. The van der Waals surface area contributed by atoms with E-state index in [1.54, 1.807) is 18.2 Å². The quantitative estimate of drug-likeness (QED) is 0.787. The summed E-state index contributed by atoms with van der Waals surface area (Å²) in [7, 11) is 0. The number of phenolic OH excluding ortho intramolecular Hbond substituents is 1. The summed E-state index contributed by atoms with van der Waals surface area (Å²) in [6.45, 7) is 2.17. The molecule has 0 fully saturated rings. The van der Waals surface area contributed by atoms with Crippen LogP contribution in [0.1, 0.15) is 30.0 Å². The van der Waals surface area contributed by atoms with Crippen molar-refractivity contribution in [2.75, 3.05) is 0 Å². The fraction of sp³-hybridized carbons (Fsp3) is 0.176. The van der Waals surface area contributed by atoms with Gasteiger partial charge >= 0.3 is 0 Å². The molecule has 1 N–H and O–H groups in total. The predicted molar refractivity (Wildman–Crippen MR) is 74.5 cm³/mol. The Kier molecular flexibility index (Phi) is 4.04. The summed E-state index contributed by atoms with van der Waals surface area (Å²) in [5.74, 6) is 6.52. The Morgan fingerprint density at radius 3 is 2.61 bits per heavy atom. The molecule has 0 unspecified atom stereocenters. The van der Waals surface area contributed by atoms with Crippen molar-refractivity contribution < 1.29 is 5.11 Å². The lowest BCUT2D eigenvalue weighted by Gasteiger charge is -2.01. The second kappa shape index (κ2) is 5.93. The van der Waals surface area contributed by atoms with Gasteiger partial charge in [-0.05, 0) is 36.2 Å². The Balaban J connectivity index is 2.29. The zero-order valence-electron chi connectivity index (χ0n) is 10.5. The Morgan fingerprint density at radius 2 is 1.83 bits per heavy atom. The van der Waals surface area contributed by atoms with E-state index in [0.717, 1.165) is 24.0 Å². The van der Waals surface area contributed by atoms with Crippen LogP contribution in [-0.4, -0.2) is 5.11 Å². The number of rotatable bonds is 2. The van der Waals surface area contributed by atoms with Crippen LogP contribution in [0.2, 0.25) is 0 Å². The number of hydrogen-bond donors (Lipinski definition) is 1. The van der Waals surface area contributed by atoms with Crippen molar-refractivity contribution in [1.29, 1.82) is 0 Å². The zero-order chi connectivity index (χ0) is 12.8. The molecule has 1 nitrogen and oxygen atoms in total. The van der Waals surface area contributed by atoms with Gasteiger partial charge < -0.3 is 5.11 Å². The van der Waals surface area contributed by atoms with Crippen molar-refractivity contribution in [2.24, 2.45) is 0 Å². The first kappa shape index (κ1) is 12.3. The van der Waals surface area contributed by atoms with E-state index >= 15 is 0 Å². The van der Waals surface area contributed by atoms with Gasteiger partial charge in [-0.2, -0.15) is 0 Å². The minimum atomic E-state index is 0.253. The molecule has 18 heavy (non-hydrogen) atoms. The third kappa shape index (κ3) is 3.15. The fourth-order valence-electron chi connectivity index (χ4n) is 1.85. The molecule has 90 valence electrons. The van der Waals surface area contributed by atoms with Crippen LogP contribution in [-0.2, 0) is 6.42 Å². The van der Waals surface area contributed by atoms with Gasteiger partial charge in [0.1, 0.15) is 5.75 Å². The largest absolute Gasteiger partial charge is 0.508 e. The molecule has 0 atom stereocenters. The van der Waals surface area contributed by atoms with E-state index in [1.165, 1.54) is 5.56 Å². The molecule has 0 radical (unpaired) electrons. The summed E-state index contributed by atoms with van der Waals surface area (Å²) in [4.78, 5) is 0. The van der Waals surface area contributed by atoms with Crippen LogP contribution in [0, 0.1) is 11.8 Å². The average molecular weight is 236 g/mol. The molecule has 0 bridgehead atoms. The third-order valence-electron chi connectivity index (χ3n) is 2.72. The Morgan fingerprint density at radius 1 is 1.00 bits per heavy atom. The molecular weight excluding hydrogens is 220 g/mol. The highest BCUT2D eigenvalue weighted by Crippen LogP contribution is 2.12. The molecule has 2 rings (SSSR count). The van der Waals surface area contributed by atoms with E-state index in [1.807, 2.05) is 24.3 Å². The number of aromatic hydroxyl groups is 1. The maximum Gasteiger partial charge on any atom is 0.116 e. The lowest BCUT2D eigenvalue weighted by molar-refractivity contribution is 0.475. The molecule has 0 spiro atoms. The smallest absolute Gasteiger partial charge is 0.116 e. The molecule has 2 aromatic rings. The maximum atomic E-state index is 9.38. The number of benzene rings is 2. The van der Waals surface area contributed by atoms with Gasteiger partial charge in [0.2, 0.25) is 0 Å². The first-order valence-electron chi connectivity index (χ1n) is 6.18. The summed E-state index contributed by atoms with van der Waals surface area (Å²) in [5.41, 5.74) is 3.19. The fourth-order valence-corrected chi connectivity index (χ4v) is 1.85. The van der Waals surface area contributed by atoms with Crippen LogP contribution < -0.4 is 0 Å². The second-order valence-corrected chi connectivity index (χ2v) is 4.21. The number of aryl methyl sites for hydroxylation is 1. The SMILES string of the molecule is CCCc1ccccc1C#Cc1cccc(O)c1. The van der Waals surface area contributed by atoms with Gasteiger partial charge in [-0.3, -0.25) is 0 Å². The number of phenols is 1. The van der Waals surface area contributed by atoms with E-state index in [-0.39, 0.29) is 5.75 Å². The van der Waals surface area contributed by atoms with E-state index in [2.05, 4.69) is 24.8 Å². The molecule has 1 heteroatoms. The molecular formula is C17H16O. The minimum Gasteiger partial charge on any atom is -0.508 e. The van der Waals surface area contributed by atoms with Crippen molar-refractivity contribution >= 4 is 0 Å². The highest BCUT2D eigenvalue weighted by molar-refractivity contribution is 5.47. The van der Waals surface area contributed by atoms with E-state index in [0.29, 0.717) is 0 Å². The average Bonchev–Trinajstić information content (AvgIpc) is 2.38. The van der Waals surface area contributed by atoms with Crippen LogP contribution >= 0.6 is 0 Å². The van der Waals surface area contributed by atoms with Crippen LogP contribution in [0.3, 0.4) is 0 Å². The van der Waals surface area contributed by atoms with Crippen molar-refractivity contribution in [3.8, 4) is 17.6 Å². The third-order valence-corrected chi connectivity index (χ3v) is 2.72. The van der Waals surface area contributed by atoms with Gasteiger partial charge in [-0.15, -0.1) is 0 Å². The summed E-state index contributed by atoms with van der Waals surface area (Å²) < 4.78 is 0. The van der Waals surface area contributed by atoms with Crippen LogP contribution in [0.25, 0.3) is 0 Å². The topological polar surface area (TPSA) is 20.2 Å². The predicted octanol–water partition coefficient (Wildman–Crippen LogP) is 3.74. The van der Waals surface area contributed by atoms with Crippen LogP contribution in [0.15, 0.2) is 48.5 Å². The van der Waals surface area contributed by atoms with E-state index in [4.69, 9.17) is 0 Å². The standard InChI is InChI=1S/C17H16O/c1-2-6-15-8-3-4-9-16(15)12-11-14-7-5-10-17(18)13-14/h3-5,7-10,13,18H,2,6H2,1H3. The second-order valence-electron chi connectivity index (χ2n) is 4.21. The Bertz CT molecular complexity index is 588. The first-order chi connectivity index (χ1) is 8.79. The van der Waals surface area contributed by atoms with Crippen LogP contribution in [0.5, 0.6) is 5.75 Å². The highest BCUT2D eigenvalue weighted by Gasteiger charge is 1.97. The van der Waals surface area contributed by atoms with Gasteiger partial charge in [0.15, 0.2) is 0 Å². The molecule has 2 aromatic carbocycles. The Hall–Kier alpha value is -2.20. The minimum absolute atomic E-state index is 0.253. The van der Waals surface area contributed by atoms with Gasteiger partial charge in [0, 0.05) is 11.1 Å². The molecule has 0 aromatic heterocycles. The van der Waals surface area contributed by atoms with E-state index in [9.17, 15) is 5.11 Å². The van der Waals surface area contributed by atoms with Crippen molar-refractivity contribution in [3.05, 3.63) is 65.2 Å². The molecule has 0 saturated carbocycles. The van der Waals surface area contributed by atoms with Crippen molar-refractivity contribution in [3.63, 3.8) is 0 Å². The van der Waals surface area contributed by atoms with Gasteiger partial charge in [0.05, 0.1) is 0 Å². The lowest BCUT2D eigenvalue weighted by atomic mass is 10.0. The summed E-state index contributed by atoms with van der Waals surface area (Å²) in [6.07, 6.45) is 2.16. The van der Waals surface area contributed by atoms with Gasteiger partial charge in [-0.1, -0.05) is 49.5 Å². The van der Waals surface area contributed by atoms with Crippen molar-refractivity contribution in [2.45, 2.75) is 19.8 Å². The molecule has 0 amide bonds.